The average Bonchev–Trinajstić information content (AvgIpc) is 1.80. The van der Waals surface area contributed by atoms with Crippen LogP contribution in [0, 0.1) is 0 Å². The van der Waals surface area contributed by atoms with Crippen molar-refractivity contribution >= 4 is 26.8 Å². The fourth-order valence-corrected chi connectivity index (χ4v) is 0.978. The highest BCUT2D eigenvalue weighted by atomic mass is 32.3. The minimum atomic E-state index is -5.12. The van der Waals surface area contributed by atoms with Crippen LogP contribution in [0.1, 0.15) is 6.92 Å². The van der Waals surface area contributed by atoms with Gasteiger partial charge in [-0.15, -0.1) is 3.63 Å². The lowest BCUT2D eigenvalue weighted by molar-refractivity contribution is -0.137. The van der Waals surface area contributed by atoms with E-state index in [2.05, 4.69) is 8.37 Å². The lowest BCUT2D eigenvalue weighted by Crippen LogP contribution is -2.10. The molecule has 2 N–H and O–H groups in total. The number of ether oxygens (including phenoxy) is 1. The number of methoxy groups -OCH3 is 1. The summed E-state index contributed by atoms with van der Waals surface area (Å²) >= 11 is 0. The molecule has 0 aliphatic heterocycles. The second-order valence-electron chi connectivity index (χ2n) is 1.62. The maximum atomic E-state index is 9.59. The Morgan fingerprint density at radius 3 is 1.29 bits per heavy atom. The quantitative estimate of drug-likeness (QED) is 0.456. The standard InChI is InChI=1S/C3H6O2.H2O7S2/c1-3(4)5-2;1-8(2,3)7-9(4,5)6/h1-2H3;(H,1,2,3)(H,4,5,6). The van der Waals surface area contributed by atoms with Crippen molar-refractivity contribution in [2.45, 2.75) is 6.92 Å². The Bertz CT molecular complexity index is 331. The van der Waals surface area contributed by atoms with E-state index in [1.165, 1.54) is 14.0 Å². The molecular weight excluding hydrogens is 244 g/mol. The van der Waals surface area contributed by atoms with Crippen LogP contribution in [-0.2, 0) is 34.0 Å². The zero-order chi connectivity index (χ0) is 12.0. The summed E-state index contributed by atoms with van der Waals surface area (Å²) in [4.78, 5) is 9.59. The summed E-state index contributed by atoms with van der Waals surface area (Å²) in [5, 5.41) is 0. The summed E-state index contributed by atoms with van der Waals surface area (Å²) in [5.41, 5.74) is 0. The van der Waals surface area contributed by atoms with E-state index in [1.807, 2.05) is 0 Å². The van der Waals surface area contributed by atoms with Gasteiger partial charge in [0.15, 0.2) is 0 Å². The molecule has 0 aromatic heterocycles. The number of carbonyl (C=O) groups is 1. The van der Waals surface area contributed by atoms with Crippen molar-refractivity contribution in [3.05, 3.63) is 0 Å². The molecule has 0 unspecified atom stereocenters. The largest absolute Gasteiger partial charge is 0.469 e. The second kappa shape index (κ2) is 5.87. The van der Waals surface area contributed by atoms with Gasteiger partial charge in [-0.25, -0.2) is 0 Å². The topological polar surface area (TPSA) is 144 Å². The minimum absolute atomic E-state index is 0.245. The van der Waals surface area contributed by atoms with E-state index in [-0.39, 0.29) is 5.97 Å². The van der Waals surface area contributed by atoms with Crippen molar-refractivity contribution < 1.29 is 39.1 Å². The van der Waals surface area contributed by atoms with Gasteiger partial charge in [0.1, 0.15) is 0 Å². The molecule has 0 heterocycles. The predicted molar refractivity (Wildman–Crippen MR) is 41.9 cm³/mol. The van der Waals surface area contributed by atoms with Crippen LogP contribution in [0.3, 0.4) is 0 Å². The summed E-state index contributed by atoms with van der Waals surface area (Å²) < 4.78 is 59.7. The molecule has 0 fully saturated rings. The Hall–Kier alpha value is -0.750. The van der Waals surface area contributed by atoms with Gasteiger partial charge in [-0.2, -0.15) is 16.8 Å². The van der Waals surface area contributed by atoms with Gasteiger partial charge in [-0.1, -0.05) is 0 Å². The van der Waals surface area contributed by atoms with Crippen molar-refractivity contribution in [1.29, 1.82) is 0 Å². The Morgan fingerprint density at radius 1 is 1.07 bits per heavy atom. The van der Waals surface area contributed by atoms with Crippen LogP contribution >= 0.6 is 0 Å². The molecule has 0 aliphatic carbocycles. The van der Waals surface area contributed by atoms with E-state index in [1.54, 1.807) is 0 Å². The summed E-state index contributed by atoms with van der Waals surface area (Å²) in [6.45, 7) is 1.36. The van der Waals surface area contributed by atoms with Crippen molar-refractivity contribution in [1.82, 2.24) is 0 Å². The highest BCUT2D eigenvalue weighted by Crippen LogP contribution is 1.91. The normalized spacial score (nSPS) is 11.1. The maximum absolute atomic E-state index is 9.59. The monoisotopic (exact) mass is 252 g/mol. The molecular formula is C3H8O9S2. The number of carbonyl (C=O) groups excluding carboxylic acids is 1. The third-order valence-electron chi connectivity index (χ3n) is 0.459. The van der Waals surface area contributed by atoms with Gasteiger partial charge < -0.3 is 4.74 Å². The smallest absolute Gasteiger partial charge is 0.413 e. The van der Waals surface area contributed by atoms with E-state index >= 15 is 0 Å². The van der Waals surface area contributed by atoms with Crippen LogP contribution in [0.15, 0.2) is 0 Å². The average molecular weight is 252 g/mol. The Morgan fingerprint density at radius 2 is 1.29 bits per heavy atom. The van der Waals surface area contributed by atoms with Crippen LogP contribution in [0.25, 0.3) is 0 Å². The maximum Gasteiger partial charge on any atom is 0.413 e. The van der Waals surface area contributed by atoms with E-state index in [4.69, 9.17) is 9.11 Å². The first kappa shape index (κ1) is 15.7. The van der Waals surface area contributed by atoms with Gasteiger partial charge in [0.2, 0.25) is 0 Å². The molecule has 0 bridgehead atoms. The molecule has 0 aromatic carbocycles. The second-order valence-corrected chi connectivity index (χ2v) is 3.87. The zero-order valence-corrected chi connectivity index (χ0v) is 8.70. The van der Waals surface area contributed by atoms with Gasteiger partial charge in [-0.3, -0.25) is 13.9 Å². The molecule has 0 radical (unpaired) electrons. The molecule has 0 saturated heterocycles. The molecule has 0 amide bonds. The Kier molecular flexibility index (Phi) is 6.59. The molecule has 0 aromatic rings. The van der Waals surface area contributed by atoms with Crippen LogP contribution in [0.4, 0.5) is 0 Å². The third-order valence-corrected chi connectivity index (χ3v) is 1.84. The molecule has 11 heteroatoms. The van der Waals surface area contributed by atoms with Crippen molar-refractivity contribution in [3.8, 4) is 0 Å². The number of hydrogen-bond donors (Lipinski definition) is 2. The first-order valence-electron chi connectivity index (χ1n) is 2.68. The third kappa shape index (κ3) is 22.5. The molecule has 0 atom stereocenters. The molecule has 0 spiro atoms. The lowest BCUT2D eigenvalue weighted by atomic mass is 10.8. The number of hydrogen-bond acceptors (Lipinski definition) is 7. The van der Waals surface area contributed by atoms with E-state index < -0.39 is 20.8 Å². The molecule has 86 valence electrons. The first-order chi connectivity index (χ1) is 5.98. The molecule has 0 rings (SSSR count). The van der Waals surface area contributed by atoms with E-state index in [0.29, 0.717) is 0 Å². The highest BCUT2D eigenvalue weighted by Gasteiger charge is 2.15. The number of esters is 1. The molecule has 0 saturated carbocycles. The van der Waals surface area contributed by atoms with Crippen LogP contribution in [0.2, 0.25) is 0 Å². The van der Waals surface area contributed by atoms with Gasteiger partial charge in [-0.05, 0) is 0 Å². The van der Waals surface area contributed by atoms with Crippen molar-refractivity contribution in [2.75, 3.05) is 7.11 Å². The first-order valence-corrected chi connectivity index (χ1v) is 5.41. The minimum Gasteiger partial charge on any atom is -0.469 e. The molecule has 14 heavy (non-hydrogen) atoms. The van der Waals surface area contributed by atoms with Crippen LogP contribution in [0.5, 0.6) is 0 Å². The predicted octanol–water partition coefficient (Wildman–Crippen LogP) is -1.21. The van der Waals surface area contributed by atoms with Gasteiger partial charge in [0, 0.05) is 6.92 Å². The fourth-order valence-electron chi connectivity index (χ4n) is 0.109. The van der Waals surface area contributed by atoms with Gasteiger partial charge in [0.05, 0.1) is 7.11 Å². The van der Waals surface area contributed by atoms with Crippen molar-refractivity contribution in [3.63, 3.8) is 0 Å². The van der Waals surface area contributed by atoms with E-state index in [9.17, 15) is 21.6 Å². The SMILES string of the molecule is COC(C)=O.O=S(=O)(O)OS(=O)(=O)O. The van der Waals surface area contributed by atoms with Crippen LogP contribution in [-0.4, -0.2) is 39.0 Å². The highest BCUT2D eigenvalue weighted by molar-refractivity contribution is 7.94. The van der Waals surface area contributed by atoms with Gasteiger partial charge in [0.25, 0.3) is 0 Å². The zero-order valence-electron chi connectivity index (χ0n) is 7.07. The summed E-state index contributed by atoms with van der Waals surface area (Å²) in [7, 11) is -8.89. The van der Waals surface area contributed by atoms with Crippen molar-refractivity contribution in [2.24, 2.45) is 0 Å². The summed E-state index contributed by atoms with van der Waals surface area (Å²) in [6.07, 6.45) is 0. The van der Waals surface area contributed by atoms with Crippen LogP contribution < -0.4 is 0 Å². The Balaban J connectivity index is 0. The summed E-state index contributed by atoms with van der Waals surface area (Å²) in [6, 6.07) is 0. The van der Waals surface area contributed by atoms with E-state index in [0.717, 1.165) is 0 Å². The Labute approximate surface area is 80.5 Å². The lowest BCUT2D eigenvalue weighted by Gasteiger charge is -1.89. The van der Waals surface area contributed by atoms with Gasteiger partial charge >= 0.3 is 26.8 Å². The summed E-state index contributed by atoms with van der Waals surface area (Å²) in [5.74, 6) is -0.245. The molecule has 0 aliphatic rings. The fraction of sp³-hybridized carbons (Fsp3) is 0.667. The number of rotatable bonds is 2. The molecule has 9 nitrogen and oxygen atoms in total.